The molecule has 0 unspecified atom stereocenters. The molecule has 0 spiro atoms. The number of halogens is 1. The molecule has 0 radical (unpaired) electrons. The van der Waals surface area contributed by atoms with E-state index in [1.807, 2.05) is 12.1 Å². The van der Waals surface area contributed by atoms with E-state index in [0.29, 0.717) is 24.5 Å². The maximum atomic E-state index is 12.9. The molecule has 142 valence electrons. The van der Waals surface area contributed by atoms with E-state index >= 15 is 0 Å². The average Bonchev–Trinajstić information content (AvgIpc) is 2.72. The van der Waals surface area contributed by atoms with E-state index in [9.17, 15) is 19.3 Å². The van der Waals surface area contributed by atoms with Crippen LogP contribution in [-0.4, -0.2) is 10.8 Å². The highest BCUT2D eigenvalue weighted by Gasteiger charge is 2.09. The molecule has 3 aromatic carbocycles. The second-order valence-electron chi connectivity index (χ2n) is 6.05. The number of amides is 1. The number of nitrogens with zero attached hydrogens (tertiary/aromatic N) is 1. The zero-order chi connectivity index (χ0) is 19.9. The number of hydrogen-bond acceptors (Lipinski definition) is 4. The van der Waals surface area contributed by atoms with E-state index in [2.05, 4.69) is 5.32 Å². The number of nitro benzene ring substituents is 1. The highest BCUT2D eigenvalue weighted by molar-refractivity contribution is 5.94. The van der Waals surface area contributed by atoms with Crippen molar-refractivity contribution >= 4 is 11.6 Å². The number of non-ortho nitro benzene ring substituents is 1. The molecule has 0 atom stereocenters. The number of carbonyl (C=O) groups excluding carboxylic acids is 1. The van der Waals surface area contributed by atoms with Gasteiger partial charge in [0.05, 0.1) is 4.92 Å². The Kier molecular flexibility index (Phi) is 5.96. The third-order valence-electron chi connectivity index (χ3n) is 4.04. The summed E-state index contributed by atoms with van der Waals surface area (Å²) in [6.45, 7) is 0.643. The molecule has 1 amide bonds. The minimum absolute atomic E-state index is 0.0622. The van der Waals surface area contributed by atoms with Gasteiger partial charge in [-0.15, -0.1) is 0 Å². The predicted octanol–water partition coefficient (Wildman–Crippen LogP) is 4.24. The Morgan fingerprint density at radius 1 is 0.929 bits per heavy atom. The number of benzene rings is 3. The summed E-state index contributed by atoms with van der Waals surface area (Å²) in [6, 6.07) is 18.8. The summed E-state index contributed by atoms with van der Waals surface area (Å²) in [7, 11) is 0. The predicted molar refractivity (Wildman–Crippen MR) is 101 cm³/mol. The lowest BCUT2D eigenvalue weighted by Gasteiger charge is -2.08. The van der Waals surface area contributed by atoms with Crippen LogP contribution in [-0.2, 0) is 13.2 Å². The second-order valence-corrected chi connectivity index (χ2v) is 6.05. The lowest BCUT2D eigenvalue weighted by molar-refractivity contribution is -0.384. The van der Waals surface area contributed by atoms with Gasteiger partial charge in [-0.3, -0.25) is 14.9 Å². The van der Waals surface area contributed by atoms with Gasteiger partial charge in [-0.2, -0.15) is 0 Å². The topological polar surface area (TPSA) is 81.5 Å². The third-order valence-corrected chi connectivity index (χ3v) is 4.04. The number of carbonyl (C=O) groups is 1. The summed E-state index contributed by atoms with van der Waals surface area (Å²) < 4.78 is 18.5. The minimum atomic E-state index is -0.513. The molecular weight excluding hydrogens is 363 g/mol. The number of rotatable bonds is 7. The Labute approximate surface area is 160 Å². The van der Waals surface area contributed by atoms with Crippen molar-refractivity contribution in [1.29, 1.82) is 0 Å². The van der Waals surface area contributed by atoms with E-state index < -0.39 is 4.92 Å². The van der Waals surface area contributed by atoms with Crippen molar-refractivity contribution in [3.05, 3.63) is 105 Å². The van der Waals surface area contributed by atoms with Gasteiger partial charge < -0.3 is 10.1 Å². The van der Waals surface area contributed by atoms with Crippen molar-refractivity contribution in [1.82, 2.24) is 5.32 Å². The van der Waals surface area contributed by atoms with E-state index in [0.717, 1.165) is 11.1 Å². The molecule has 0 saturated heterocycles. The summed E-state index contributed by atoms with van der Waals surface area (Å²) in [5.74, 6) is 0.0604. The Morgan fingerprint density at radius 3 is 2.14 bits per heavy atom. The van der Waals surface area contributed by atoms with Crippen molar-refractivity contribution in [2.75, 3.05) is 0 Å². The van der Waals surface area contributed by atoms with Gasteiger partial charge in [0.25, 0.3) is 11.6 Å². The van der Waals surface area contributed by atoms with Crippen LogP contribution in [0.2, 0.25) is 0 Å². The summed E-state index contributed by atoms with van der Waals surface area (Å²) in [4.78, 5) is 22.2. The molecule has 0 aliphatic carbocycles. The molecule has 0 bridgehead atoms. The zero-order valence-corrected chi connectivity index (χ0v) is 14.8. The first-order chi connectivity index (χ1) is 13.5. The molecule has 0 aliphatic rings. The highest BCUT2D eigenvalue weighted by atomic mass is 19.1. The Hall–Kier alpha value is -3.74. The number of nitrogens with one attached hydrogen (secondary N) is 1. The van der Waals surface area contributed by atoms with Crippen molar-refractivity contribution in [2.24, 2.45) is 0 Å². The molecule has 0 heterocycles. The molecule has 28 heavy (non-hydrogen) atoms. The van der Waals surface area contributed by atoms with Crippen LogP contribution in [0.25, 0.3) is 0 Å². The summed E-state index contributed by atoms with van der Waals surface area (Å²) in [5.41, 5.74) is 2.03. The summed E-state index contributed by atoms with van der Waals surface area (Å²) in [6.07, 6.45) is 0. The van der Waals surface area contributed by atoms with Gasteiger partial charge in [-0.05, 0) is 47.5 Å². The average molecular weight is 380 g/mol. The first kappa shape index (κ1) is 19.0. The monoisotopic (exact) mass is 380 g/mol. The molecule has 0 aromatic heterocycles. The second kappa shape index (κ2) is 8.77. The van der Waals surface area contributed by atoms with Crippen molar-refractivity contribution in [2.45, 2.75) is 13.2 Å². The summed E-state index contributed by atoms with van der Waals surface area (Å²) >= 11 is 0. The van der Waals surface area contributed by atoms with E-state index in [1.165, 1.54) is 36.4 Å². The van der Waals surface area contributed by atoms with Crippen LogP contribution < -0.4 is 10.1 Å². The highest BCUT2D eigenvalue weighted by Crippen LogP contribution is 2.15. The smallest absolute Gasteiger partial charge is 0.269 e. The fourth-order valence-corrected chi connectivity index (χ4v) is 2.47. The van der Waals surface area contributed by atoms with Crippen molar-refractivity contribution in [3.8, 4) is 5.75 Å². The van der Waals surface area contributed by atoms with Crippen molar-refractivity contribution in [3.63, 3.8) is 0 Å². The summed E-state index contributed by atoms with van der Waals surface area (Å²) in [5, 5.41) is 13.4. The normalized spacial score (nSPS) is 10.3. The Bertz CT molecular complexity index is 955. The minimum Gasteiger partial charge on any atom is -0.489 e. The standard InChI is InChI=1S/C21H17FN2O4/c22-18-7-1-16(2-8-18)14-28-20-11-3-15(4-12-20)13-23-21(25)17-5-9-19(10-6-17)24(26)27/h1-12H,13-14H2,(H,23,25). The molecule has 1 N–H and O–H groups in total. The lowest BCUT2D eigenvalue weighted by Crippen LogP contribution is -2.22. The van der Waals surface area contributed by atoms with Crippen LogP contribution >= 0.6 is 0 Å². The van der Waals surface area contributed by atoms with E-state index in [4.69, 9.17) is 4.74 Å². The van der Waals surface area contributed by atoms with Crippen LogP contribution in [0.1, 0.15) is 21.5 Å². The van der Waals surface area contributed by atoms with Gasteiger partial charge in [-0.25, -0.2) is 4.39 Å². The molecule has 3 aromatic rings. The van der Waals surface area contributed by atoms with Gasteiger partial charge in [0.15, 0.2) is 0 Å². The fourth-order valence-electron chi connectivity index (χ4n) is 2.47. The molecule has 7 heteroatoms. The first-order valence-corrected chi connectivity index (χ1v) is 8.50. The maximum Gasteiger partial charge on any atom is 0.269 e. The largest absolute Gasteiger partial charge is 0.489 e. The van der Waals surface area contributed by atoms with E-state index in [1.54, 1.807) is 24.3 Å². The van der Waals surface area contributed by atoms with Gasteiger partial charge in [-0.1, -0.05) is 24.3 Å². The Morgan fingerprint density at radius 2 is 1.54 bits per heavy atom. The number of hydrogen-bond donors (Lipinski definition) is 1. The molecule has 0 saturated carbocycles. The van der Waals surface area contributed by atoms with Crippen LogP contribution in [0.3, 0.4) is 0 Å². The van der Waals surface area contributed by atoms with Crippen LogP contribution in [0.4, 0.5) is 10.1 Å². The quantitative estimate of drug-likeness (QED) is 0.491. The molecule has 0 aliphatic heterocycles. The lowest BCUT2D eigenvalue weighted by atomic mass is 10.1. The first-order valence-electron chi connectivity index (χ1n) is 8.50. The van der Waals surface area contributed by atoms with Crippen LogP contribution in [0.5, 0.6) is 5.75 Å². The van der Waals surface area contributed by atoms with Gasteiger partial charge in [0.2, 0.25) is 0 Å². The van der Waals surface area contributed by atoms with Crippen LogP contribution in [0.15, 0.2) is 72.8 Å². The Balaban J connectivity index is 1.50. The van der Waals surface area contributed by atoms with Gasteiger partial charge >= 0.3 is 0 Å². The maximum absolute atomic E-state index is 12.9. The van der Waals surface area contributed by atoms with E-state index in [-0.39, 0.29) is 17.4 Å². The molecular formula is C21H17FN2O4. The third kappa shape index (κ3) is 5.14. The van der Waals surface area contributed by atoms with Gasteiger partial charge in [0.1, 0.15) is 18.2 Å². The molecule has 3 rings (SSSR count). The SMILES string of the molecule is O=C(NCc1ccc(OCc2ccc(F)cc2)cc1)c1ccc([N+](=O)[O-])cc1. The van der Waals surface area contributed by atoms with Gasteiger partial charge in [0, 0.05) is 24.2 Å². The van der Waals surface area contributed by atoms with Crippen LogP contribution in [0, 0.1) is 15.9 Å². The fraction of sp³-hybridized carbons (Fsp3) is 0.0952. The van der Waals surface area contributed by atoms with Crippen molar-refractivity contribution < 1.29 is 18.8 Å². The molecule has 6 nitrogen and oxygen atoms in total. The molecule has 0 fully saturated rings. The zero-order valence-electron chi connectivity index (χ0n) is 14.8. The number of nitro groups is 1. The number of ether oxygens (including phenoxy) is 1.